The van der Waals surface area contributed by atoms with Crippen LogP contribution in [0.4, 0.5) is 11.4 Å². The van der Waals surface area contributed by atoms with Gasteiger partial charge >= 0.3 is 0 Å². The Kier molecular flexibility index (Phi) is 2.16. The van der Waals surface area contributed by atoms with Crippen LogP contribution in [0, 0.1) is 0 Å². The van der Waals surface area contributed by atoms with Crippen molar-refractivity contribution < 1.29 is 20.3 Å². The van der Waals surface area contributed by atoms with Gasteiger partial charge in [-0.25, -0.2) is 10.1 Å². The highest BCUT2D eigenvalue weighted by atomic mass is 16.5. The fraction of sp³-hybridized carbons (Fsp3) is 0.0833. The Balaban J connectivity index is 2.24. The molecule has 0 radical (unpaired) electrons. The monoisotopic (exact) mass is 245 g/mol. The molecule has 1 aromatic rings. The van der Waals surface area contributed by atoms with Crippen molar-refractivity contribution in [1.29, 1.82) is 0 Å². The van der Waals surface area contributed by atoms with Crippen LogP contribution in [-0.2, 0) is 4.79 Å². The molecule has 18 heavy (non-hydrogen) atoms. The number of fused-ring (bicyclic) bond motifs is 2. The van der Waals surface area contributed by atoms with Gasteiger partial charge in [-0.05, 0) is 18.2 Å². The normalized spacial score (nSPS) is 21.6. The highest BCUT2D eigenvalue weighted by Gasteiger charge is 2.39. The molecule has 0 saturated heterocycles. The van der Waals surface area contributed by atoms with Crippen LogP contribution in [-0.4, -0.2) is 22.2 Å². The van der Waals surface area contributed by atoms with E-state index in [0.717, 1.165) is 0 Å². The molecule has 92 valence electrons. The molecule has 2 N–H and O–H groups in total. The van der Waals surface area contributed by atoms with E-state index in [-0.39, 0.29) is 22.9 Å². The number of allylic oxidation sites excluding steroid dienone is 2. The minimum absolute atomic E-state index is 0.0643. The minimum Gasteiger partial charge on any atom is -0.871 e. The lowest BCUT2D eigenvalue weighted by Gasteiger charge is -2.41. The van der Waals surface area contributed by atoms with Crippen molar-refractivity contribution in [3.63, 3.8) is 0 Å². The third kappa shape index (κ3) is 1.27. The van der Waals surface area contributed by atoms with E-state index in [1.54, 1.807) is 0 Å². The van der Waals surface area contributed by atoms with Gasteiger partial charge in [0.15, 0.2) is 11.8 Å². The number of nitrogens with zero attached hydrogens (tertiary/aromatic N) is 2. The molecule has 2 aliphatic rings. The summed E-state index contributed by atoms with van der Waals surface area (Å²) in [6, 6.07) is 3.17. The fourth-order valence-corrected chi connectivity index (χ4v) is 2.18. The third-order valence-electron chi connectivity index (χ3n) is 3.00. The number of hydrogen-bond acceptors (Lipinski definition) is 6. The molecule has 0 amide bonds. The van der Waals surface area contributed by atoms with E-state index in [1.807, 2.05) is 0 Å². The Morgan fingerprint density at radius 1 is 1.28 bits per heavy atom. The quantitative estimate of drug-likeness (QED) is 0.694. The first-order valence-corrected chi connectivity index (χ1v) is 5.30. The summed E-state index contributed by atoms with van der Waals surface area (Å²) in [5.41, 5.74) is 0.196. The Morgan fingerprint density at radius 2 is 2.06 bits per heavy atom. The predicted octanol–water partition coefficient (Wildman–Crippen LogP) is 0.556. The van der Waals surface area contributed by atoms with Crippen LogP contribution >= 0.6 is 0 Å². The maximum atomic E-state index is 11.7. The zero-order chi connectivity index (χ0) is 12.9. The van der Waals surface area contributed by atoms with Gasteiger partial charge in [-0.15, -0.1) is 0 Å². The average molecular weight is 245 g/mol. The summed E-state index contributed by atoms with van der Waals surface area (Å²) in [7, 11) is 0. The molecule has 1 heterocycles. The number of hydroxylamine groups is 2. The molecule has 1 aromatic carbocycles. The lowest BCUT2D eigenvalue weighted by atomic mass is 9.98. The largest absolute Gasteiger partial charge is 0.871 e. The second-order valence-electron chi connectivity index (χ2n) is 4.04. The van der Waals surface area contributed by atoms with E-state index in [2.05, 4.69) is 0 Å². The average Bonchev–Trinajstić information content (AvgIpc) is 2.35. The van der Waals surface area contributed by atoms with Crippen molar-refractivity contribution in [1.82, 2.24) is 0 Å². The number of carbonyl (C=O) groups excluding carboxylic acids is 1. The molecule has 1 aliphatic heterocycles. The fourth-order valence-electron chi connectivity index (χ4n) is 2.18. The van der Waals surface area contributed by atoms with Crippen LogP contribution in [0.25, 0.3) is 0 Å². The molecular weight excluding hydrogens is 236 g/mol. The summed E-state index contributed by atoms with van der Waals surface area (Å²) >= 11 is 0. The van der Waals surface area contributed by atoms with Crippen molar-refractivity contribution in [2.45, 2.75) is 6.04 Å². The molecule has 0 saturated carbocycles. The highest BCUT2D eigenvalue weighted by Crippen LogP contribution is 2.43. The Bertz CT molecular complexity index is 594. The first-order valence-electron chi connectivity index (χ1n) is 5.30. The van der Waals surface area contributed by atoms with Crippen LogP contribution in [0.1, 0.15) is 0 Å². The maximum Gasteiger partial charge on any atom is 0.186 e. The zero-order valence-corrected chi connectivity index (χ0v) is 9.15. The second kappa shape index (κ2) is 3.59. The van der Waals surface area contributed by atoms with Crippen molar-refractivity contribution in [3.8, 4) is 5.75 Å². The Morgan fingerprint density at radius 3 is 2.83 bits per heavy atom. The summed E-state index contributed by atoms with van der Waals surface area (Å²) in [6.07, 6.45) is 4.24. The van der Waals surface area contributed by atoms with Gasteiger partial charge < -0.3 is 5.11 Å². The summed E-state index contributed by atoms with van der Waals surface area (Å²) in [5, 5.41) is 33.1. The molecule has 1 atom stereocenters. The highest BCUT2D eigenvalue weighted by molar-refractivity contribution is 6.03. The van der Waals surface area contributed by atoms with Gasteiger partial charge in [0.25, 0.3) is 0 Å². The van der Waals surface area contributed by atoms with Gasteiger partial charge in [0, 0.05) is 0 Å². The van der Waals surface area contributed by atoms with Crippen LogP contribution in [0.15, 0.2) is 42.1 Å². The standard InChI is InChI=1S/C12H10N2O4/c15-9-5-1-3-7-11(9)14(18)8-4-2-6-10(16)12(8)13(7)17/h1-6,11,16-18H/p-1. The summed E-state index contributed by atoms with van der Waals surface area (Å²) in [6.45, 7) is 0. The molecule has 1 aliphatic carbocycles. The molecule has 0 aromatic heterocycles. The van der Waals surface area contributed by atoms with Crippen LogP contribution in [0.3, 0.4) is 0 Å². The summed E-state index contributed by atoms with van der Waals surface area (Å²) < 4.78 is 0. The number of para-hydroxylation sites is 1. The first kappa shape index (κ1) is 10.8. The topological polar surface area (TPSA) is 87.1 Å². The molecule has 0 bridgehead atoms. The molecule has 6 heteroatoms. The maximum absolute atomic E-state index is 11.7. The minimum atomic E-state index is -1.02. The molecule has 1 unspecified atom stereocenters. The number of rotatable bonds is 0. The zero-order valence-electron chi connectivity index (χ0n) is 9.15. The first-order chi connectivity index (χ1) is 8.61. The Hall–Kier alpha value is -2.31. The van der Waals surface area contributed by atoms with Crippen molar-refractivity contribution in [2.24, 2.45) is 0 Å². The Labute approximate surface area is 102 Å². The number of carbonyl (C=O) groups is 1. The van der Waals surface area contributed by atoms with E-state index < -0.39 is 11.8 Å². The van der Waals surface area contributed by atoms with E-state index in [9.17, 15) is 20.3 Å². The molecule has 3 rings (SSSR count). The van der Waals surface area contributed by atoms with E-state index in [4.69, 9.17) is 0 Å². The van der Waals surface area contributed by atoms with E-state index in [0.29, 0.717) is 10.1 Å². The predicted molar refractivity (Wildman–Crippen MR) is 60.4 cm³/mol. The van der Waals surface area contributed by atoms with Gasteiger partial charge in [0.05, 0.1) is 17.1 Å². The van der Waals surface area contributed by atoms with E-state index in [1.165, 1.54) is 36.4 Å². The lowest BCUT2D eigenvalue weighted by molar-refractivity contribution is -0.267. The smallest absolute Gasteiger partial charge is 0.186 e. The SMILES string of the molecule is O=C1C=CC=C2C1N(O)c1cccc([O-])c1N2O. The van der Waals surface area contributed by atoms with Crippen molar-refractivity contribution >= 4 is 17.2 Å². The van der Waals surface area contributed by atoms with Gasteiger partial charge in [-0.1, -0.05) is 24.0 Å². The molecule has 6 nitrogen and oxygen atoms in total. The van der Waals surface area contributed by atoms with Gasteiger partial charge in [-0.3, -0.25) is 15.2 Å². The van der Waals surface area contributed by atoms with Gasteiger partial charge in [0.1, 0.15) is 0 Å². The van der Waals surface area contributed by atoms with E-state index >= 15 is 0 Å². The van der Waals surface area contributed by atoms with Crippen LogP contribution in [0.2, 0.25) is 0 Å². The third-order valence-corrected chi connectivity index (χ3v) is 3.00. The number of ketones is 1. The molecule has 0 spiro atoms. The van der Waals surface area contributed by atoms with Crippen molar-refractivity contribution in [2.75, 3.05) is 10.1 Å². The number of benzene rings is 1. The number of hydrogen-bond donors (Lipinski definition) is 2. The van der Waals surface area contributed by atoms with Gasteiger partial charge in [-0.2, -0.15) is 0 Å². The molecular formula is C12H9N2O4-. The van der Waals surface area contributed by atoms with Crippen LogP contribution < -0.4 is 15.2 Å². The second-order valence-corrected chi connectivity index (χ2v) is 4.04. The molecule has 0 fully saturated rings. The van der Waals surface area contributed by atoms with Crippen molar-refractivity contribution in [3.05, 3.63) is 42.1 Å². The number of anilines is 2. The summed E-state index contributed by atoms with van der Waals surface area (Å²) in [5.74, 6) is -0.800. The lowest BCUT2D eigenvalue weighted by Crippen LogP contribution is -2.49. The summed E-state index contributed by atoms with van der Waals surface area (Å²) in [4.78, 5) is 11.7. The van der Waals surface area contributed by atoms with Crippen LogP contribution in [0.5, 0.6) is 5.75 Å². The van der Waals surface area contributed by atoms with Gasteiger partial charge in [0.2, 0.25) is 0 Å².